The number of nitrogens with one attached hydrogen (secondary N) is 2. The van der Waals surface area contributed by atoms with Crippen LogP contribution in [0.3, 0.4) is 0 Å². The Hall–Kier alpha value is -1.54. The molecule has 5 nitrogen and oxygen atoms in total. The molecule has 0 radical (unpaired) electrons. The fourth-order valence-electron chi connectivity index (χ4n) is 3.37. The molecular formula is C21H32IN5. The van der Waals surface area contributed by atoms with Gasteiger partial charge in [-0.25, -0.2) is 0 Å². The molecule has 0 amide bonds. The quantitative estimate of drug-likeness (QED) is 0.362. The summed E-state index contributed by atoms with van der Waals surface area (Å²) in [4.78, 5) is 6.86. The zero-order valence-electron chi connectivity index (χ0n) is 16.2. The van der Waals surface area contributed by atoms with E-state index in [4.69, 9.17) is 0 Å². The van der Waals surface area contributed by atoms with Crippen molar-refractivity contribution in [2.45, 2.75) is 38.9 Å². The molecule has 2 aromatic rings. The molecule has 6 heteroatoms. The van der Waals surface area contributed by atoms with E-state index in [-0.39, 0.29) is 24.0 Å². The molecule has 0 unspecified atom stereocenters. The summed E-state index contributed by atoms with van der Waals surface area (Å²) in [5.74, 6) is 0.842. The first kappa shape index (κ1) is 21.8. The zero-order chi connectivity index (χ0) is 18.0. The van der Waals surface area contributed by atoms with Gasteiger partial charge in [0.1, 0.15) is 0 Å². The highest BCUT2D eigenvalue weighted by atomic mass is 127. The summed E-state index contributed by atoms with van der Waals surface area (Å²) >= 11 is 0. The highest BCUT2D eigenvalue weighted by Crippen LogP contribution is 2.13. The minimum Gasteiger partial charge on any atom is -0.355 e. The Morgan fingerprint density at radius 2 is 1.63 bits per heavy atom. The number of hydrogen-bond acceptors (Lipinski definition) is 2. The van der Waals surface area contributed by atoms with Crippen LogP contribution < -0.4 is 10.6 Å². The van der Waals surface area contributed by atoms with Crippen LogP contribution >= 0.6 is 24.0 Å². The van der Waals surface area contributed by atoms with Crippen molar-refractivity contribution >= 4 is 29.9 Å². The summed E-state index contributed by atoms with van der Waals surface area (Å²) in [5, 5.41) is 6.74. The Morgan fingerprint density at radius 1 is 0.963 bits per heavy atom. The Kier molecular flexibility index (Phi) is 9.69. The van der Waals surface area contributed by atoms with Crippen LogP contribution in [0.15, 0.2) is 53.8 Å². The minimum absolute atomic E-state index is 0. The van der Waals surface area contributed by atoms with Gasteiger partial charge in [-0.1, -0.05) is 30.7 Å². The van der Waals surface area contributed by atoms with Crippen molar-refractivity contribution in [2.24, 2.45) is 4.99 Å². The molecule has 3 rings (SSSR count). The Bertz CT molecular complexity index is 660. The molecule has 0 aliphatic carbocycles. The molecule has 1 aliphatic heterocycles. The van der Waals surface area contributed by atoms with E-state index in [9.17, 15) is 0 Å². The average Bonchev–Trinajstić information content (AvgIpc) is 3.20. The molecule has 1 fully saturated rings. The van der Waals surface area contributed by atoms with Gasteiger partial charge in [0.05, 0.1) is 0 Å². The third-order valence-corrected chi connectivity index (χ3v) is 4.89. The molecule has 2 heterocycles. The van der Waals surface area contributed by atoms with Crippen LogP contribution in [-0.2, 0) is 19.6 Å². The van der Waals surface area contributed by atoms with E-state index in [1.807, 2.05) is 19.2 Å². The summed E-state index contributed by atoms with van der Waals surface area (Å²) in [5.41, 5.74) is 2.69. The number of guanidine groups is 1. The van der Waals surface area contributed by atoms with Gasteiger partial charge in [0.2, 0.25) is 0 Å². The number of benzene rings is 1. The number of piperidine rings is 1. The van der Waals surface area contributed by atoms with Crippen LogP contribution in [-0.4, -0.2) is 42.1 Å². The lowest BCUT2D eigenvalue weighted by molar-refractivity contribution is 0.221. The molecule has 1 saturated heterocycles. The van der Waals surface area contributed by atoms with E-state index in [2.05, 4.69) is 61.8 Å². The van der Waals surface area contributed by atoms with Crippen LogP contribution in [0.1, 0.15) is 30.4 Å². The third-order valence-electron chi connectivity index (χ3n) is 4.89. The second kappa shape index (κ2) is 12.0. The Morgan fingerprint density at radius 3 is 2.30 bits per heavy atom. The first-order chi connectivity index (χ1) is 12.8. The van der Waals surface area contributed by atoms with Gasteiger partial charge in [-0.15, -0.1) is 24.0 Å². The number of hydrogen-bond donors (Lipinski definition) is 2. The van der Waals surface area contributed by atoms with E-state index >= 15 is 0 Å². The summed E-state index contributed by atoms with van der Waals surface area (Å²) in [6.45, 7) is 6.13. The molecular weight excluding hydrogens is 449 g/mol. The number of aromatic nitrogens is 1. The normalized spacial score (nSPS) is 15.2. The van der Waals surface area contributed by atoms with Crippen molar-refractivity contribution in [1.29, 1.82) is 0 Å². The first-order valence-corrected chi connectivity index (χ1v) is 9.69. The predicted molar refractivity (Wildman–Crippen MR) is 124 cm³/mol. The second-order valence-corrected chi connectivity index (χ2v) is 6.93. The van der Waals surface area contributed by atoms with Gasteiger partial charge < -0.3 is 15.2 Å². The van der Waals surface area contributed by atoms with E-state index in [0.717, 1.165) is 32.1 Å². The molecule has 148 valence electrons. The predicted octanol–water partition coefficient (Wildman–Crippen LogP) is 3.46. The van der Waals surface area contributed by atoms with Gasteiger partial charge in [-0.3, -0.25) is 9.89 Å². The number of rotatable bonds is 7. The highest BCUT2D eigenvalue weighted by Gasteiger charge is 2.10. The second-order valence-electron chi connectivity index (χ2n) is 6.93. The van der Waals surface area contributed by atoms with Gasteiger partial charge in [0.25, 0.3) is 0 Å². The monoisotopic (exact) mass is 481 g/mol. The molecule has 1 aromatic heterocycles. The number of halogens is 1. The average molecular weight is 481 g/mol. The van der Waals surface area contributed by atoms with Crippen LogP contribution in [0.25, 0.3) is 0 Å². The van der Waals surface area contributed by atoms with Crippen molar-refractivity contribution in [2.75, 3.05) is 26.7 Å². The Balaban J connectivity index is 0.00000261. The van der Waals surface area contributed by atoms with Crippen LogP contribution in [0, 0.1) is 0 Å². The van der Waals surface area contributed by atoms with E-state index < -0.39 is 0 Å². The van der Waals surface area contributed by atoms with Crippen LogP contribution in [0.4, 0.5) is 0 Å². The molecule has 2 N–H and O–H groups in total. The number of aliphatic imine (C=N–C) groups is 1. The lowest BCUT2D eigenvalue weighted by atomic mass is 10.1. The molecule has 0 saturated carbocycles. The van der Waals surface area contributed by atoms with E-state index in [0.29, 0.717) is 0 Å². The molecule has 0 bridgehead atoms. The standard InChI is InChI=1S/C21H31N5.HI/c1-22-21(23-11-16-25-12-5-6-13-25)24-17-19-7-9-20(10-8-19)18-26-14-3-2-4-15-26;/h5-10,12-13H,2-4,11,14-18H2,1H3,(H2,22,23,24);1H. The first-order valence-electron chi connectivity index (χ1n) is 9.69. The Labute approximate surface area is 180 Å². The topological polar surface area (TPSA) is 44.6 Å². The van der Waals surface area contributed by atoms with Crippen molar-refractivity contribution in [3.63, 3.8) is 0 Å². The van der Waals surface area contributed by atoms with Crippen molar-refractivity contribution < 1.29 is 0 Å². The van der Waals surface area contributed by atoms with Crippen LogP contribution in [0.2, 0.25) is 0 Å². The molecule has 0 atom stereocenters. The van der Waals surface area contributed by atoms with Crippen molar-refractivity contribution in [3.8, 4) is 0 Å². The summed E-state index contributed by atoms with van der Waals surface area (Å²) < 4.78 is 2.15. The lowest BCUT2D eigenvalue weighted by Gasteiger charge is -2.26. The summed E-state index contributed by atoms with van der Waals surface area (Å²) in [6.07, 6.45) is 8.23. The van der Waals surface area contributed by atoms with E-state index in [1.54, 1.807) is 0 Å². The largest absolute Gasteiger partial charge is 0.355 e. The smallest absolute Gasteiger partial charge is 0.191 e. The van der Waals surface area contributed by atoms with Gasteiger partial charge in [-0.05, 0) is 49.2 Å². The highest BCUT2D eigenvalue weighted by molar-refractivity contribution is 14.0. The van der Waals surface area contributed by atoms with Crippen molar-refractivity contribution in [1.82, 2.24) is 20.1 Å². The van der Waals surface area contributed by atoms with Crippen molar-refractivity contribution in [3.05, 3.63) is 59.9 Å². The summed E-state index contributed by atoms with van der Waals surface area (Å²) in [6, 6.07) is 13.0. The fraction of sp³-hybridized carbons (Fsp3) is 0.476. The minimum atomic E-state index is 0. The van der Waals surface area contributed by atoms with Gasteiger partial charge in [0.15, 0.2) is 5.96 Å². The van der Waals surface area contributed by atoms with Gasteiger partial charge in [0, 0.05) is 45.6 Å². The zero-order valence-corrected chi connectivity index (χ0v) is 18.6. The maximum Gasteiger partial charge on any atom is 0.191 e. The summed E-state index contributed by atoms with van der Waals surface area (Å²) in [7, 11) is 1.81. The molecule has 27 heavy (non-hydrogen) atoms. The third kappa shape index (κ3) is 7.54. The molecule has 1 aliphatic rings. The molecule has 1 aromatic carbocycles. The van der Waals surface area contributed by atoms with Gasteiger partial charge in [-0.2, -0.15) is 0 Å². The fourth-order valence-corrected chi connectivity index (χ4v) is 3.37. The van der Waals surface area contributed by atoms with Gasteiger partial charge >= 0.3 is 0 Å². The molecule has 0 spiro atoms. The number of likely N-dealkylation sites (tertiary alicyclic amines) is 1. The lowest BCUT2D eigenvalue weighted by Crippen LogP contribution is -2.38. The maximum absolute atomic E-state index is 4.30. The maximum atomic E-state index is 4.30. The number of nitrogens with zero attached hydrogens (tertiary/aromatic N) is 3. The SMILES string of the molecule is CN=C(NCCn1cccc1)NCc1ccc(CN2CCCCC2)cc1.I. The van der Waals surface area contributed by atoms with Crippen LogP contribution in [0.5, 0.6) is 0 Å². The van der Waals surface area contributed by atoms with E-state index in [1.165, 1.54) is 43.5 Å².